The third-order valence-corrected chi connectivity index (χ3v) is 7.30. The van der Waals surface area contributed by atoms with Crippen LogP contribution in [0.15, 0.2) is 59.6 Å². The smallest absolute Gasteiger partial charge is 0.238 e. The van der Waals surface area contributed by atoms with E-state index in [1.807, 2.05) is 61.6 Å². The molecule has 0 aliphatic rings. The third-order valence-electron chi connectivity index (χ3n) is 5.26. The van der Waals surface area contributed by atoms with E-state index in [0.29, 0.717) is 11.3 Å². The molecule has 2 aromatic heterocycles. The van der Waals surface area contributed by atoms with Gasteiger partial charge in [0.1, 0.15) is 6.10 Å². The normalized spacial score (nSPS) is 13.3. The van der Waals surface area contributed by atoms with Crippen molar-refractivity contribution in [2.45, 2.75) is 31.8 Å². The fourth-order valence-corrected chi connectivity index (χ4v) is 5.25. The van der Waals surface area contributed by atoms with Crippen molar-refractivity contribution < 1.29 is 13.5 Å². The molecule has 8 heteroatoms. The molecule has 0 spiro atoms. The number of nitrogens with zero attached hydrogens (tertiary/aromatic N) is 2. The molecule has 0 bridgehead atoms. The Labute approximate surface area is 185 Å². The second kappa shape index (κ2) is 8.05. The lowest BCUT2D eigenvalue weighted by atomic mass is 10.0. The van der Waals surface area contributed by atoms with Crippen LogP contribution in [0.2, 0.25) is 0 Å². The van der Waals surface area contributed by atoms with Crippen molar-refractivity contribution in [3.8, 4) is 11.1 Å². The Balaban J connectivity index is 1.68. The number of sulfonamides is 1. The topological polar surface area (TPSA) is 97.7 Å². The molecule has 0 saturated carbocycles. The van der Waals surface area contributed by atoms with Gasteiger partial charge in [-0.3, -0.25) is 4.40 Å². The number of benzene rings is 2. The highest BCUT2D eigenvalue weighted by Crippen LogP contribution is 2.30. The van der Waals surface area contributed by atoms with Crippen LogP contribution in [0, 0.1) is 20.8 Å². The lowest BCUT2D eigenvalue weighted by Gasteiger charge is -2.10. The van der Waals surface area contributed by atoms with Gasteiger partial charge in [-0.1, -0.05) is 42.0 Å². The lowest BCUT2D eigenvalue weighted by molar-refractivity contribution is 0.223. The number of rotatable bonds is 5. The molecule has 1 unspecified atom stereocenters. The maximum atomic E-state index is 12.0. The number of thiazole rings is 1. The summed E-state index contributed by atoms with van der Waals surface area (Å²) < 4.78 is 26.0. The SMILES string of the molecule is Cc1ccc(S(N)(=O)=O)c(-c2cccc(C=CC(O)c3cnc4sc(C)c(C)n34)c2)c1. The molecule has 0 amide bonds. The molecule has 4 aromatic rings. The first-order valence-electron chi connectivity index (χ1n) is 9.68. The zero-order valence-electron chi connectivity index (χ0n) is 17.4. The van der Waals surface area contributed by atoms with E-state index in [9.17, 15) is 13.5 Å². The van der Waals surface area contributed by atoms with Gasteiger partial charge in [-0.25, -0.2) is 18.5 Å². The number of imidazole rings is 1. The standard InChI is InChI=1S/C23H23N3O3S2/c1-14-7-10-22(31(24,28)29)19(11-14)18-6-4-5-17(12-18)8-9-21(27)20-13-25-23-26(20)15(2)16(3)30-23/h4-13,21,27H,1-3H3,(H2,24,28,29). The van der Waals surface area contributed by atoms with Gasteiger partial charge in [0.15, 0.2) is 4.96 Å². The summed E-state index contributed by atoms with van der Waals surface area (Å²) in [5.41, 5.74) is 4.83. The quantitative estimate of drug-likeness (QED) is 0.468. The van der Waals surface area contributed by atoms with Gasteiger partial charge in [-0.15, -0.1) is 11.3 Å². The van der Waals surface area contributed by atoms with Crippen LogP contribution in [0.25, 0.3) is 22.2 Å². The van der Waals surface area contributed by atoms with Crippen molar-refractivity contribution in [3.05, 3.63) is 82.1 Å². The number of aliphatic hydroxyl groups is 1. The maximum Gasteiger partial charge on any atom is 0.238 e. The van der Waals surface area contributed by atoms with Crippen molar-refractivity contribution in [1.82, 2.24) is 9.38 Å². The summed E-state index contributed by atoms with van der Waals surface area (Å²) in [6, 6.07) is 12.5. The van der Waals surface area contributed by atoms with Crippen LogP contribution in [-0.2, 0) is 10.0 Å². The fourth-order valence-electron chi connectivity index (χ4n) is 3.56. The summed E-state index contributed by atoms with van der Waals surface area (Å²) in [4.78, 5) is 6.50. The summed E-state index contributed by atoms with van der Waals surface area (Å²) in [7, 11) is -3.86. The molecule has 1 atom stereocenters. The highest BCUT2D eigenvalue weighted by molar-refractivity contribution is 7.89. The molecule has 6 nitrogen and oxygen atoms in total. The first-order valence-corrected chi connectivity index (χ1v) is 12.0. The van der Waals surface area contributed by atoms with E-state index in [2.05, 4.69) is 4.98 Å². The Kier molecular flexibility index (Phi) is 5.57. The number of aliphatic hydroxyl groups excluding tert-OH is 1. The zero-order chi connectivity index (χ0) is 22.3. The summed E-state index contributed by atoms with van der Waals surface area (Å²) in [5, 5.41) is 16.1. The van der Waals surface area contributed by atoms with E-state index in [1.165, 1.54) is 6.07 Å². The first-order chi connectivity index (χ1) is 14.6. The second-order valence-electron chi connectivity index (χ2n) is 7.52. The van der Waals surface area contributed by atoms with E-state index in [1.54, 1.807) is 29.7 Å². The highest BCUT2D eigenvalue weighted by Gasteiger charge is 2.17. The largest absolute Gasteiger partial charge is 0.383 e. The van der Waals surface area contributed by atoms with Gasteiger partial charge in [0.05, 0.1) is 16.8 Å². The van der Waals surface area contributed by atoms with Crippen molar-refractivity contribution >= 4 is 32.4 Å². The molecule has 0 radical (unpaired) electrons. The van der Waals surface area contributed by atoms with Gasteiger partial charge >= 0.3 is 0 Å². The number of primary sulfonamides is 1. The van der Waals surface area contributed by atoms with Gasteiger partial charge in [0.2, 0.25) is 10.0 Å². The Hall–Kier alpha value is -2.78. The van der Waals surface area contributed by atoms with E-state index < -0.39 is 16.1 Å². The predicted molar refractivity (Wildman–Crippen MR) is 125 cm³/mol. The Morgan fingerprint density at radius 1 is 1.16 bits per heavy atom. The van der Waals surface area contributed by atoms with Crippen LogP contribution >= 0.6 is 11.3 Å². The number of fused-ring (bicyclic) bond motifs is 1. The lowest BCUT2D eigenvalue weighted by Crippen LogP contribution is -2.13. The van der Waals surface area contributed by atoms with Crippen molar-refractivity contribution in [1.29, 1.82) is 0 Å². The number of hydrogen-bond acceptors (Lipinski definition) is 5. The maximum absolute atomic E-state index is 12.0. The minimum atomic E-state index is -3.86. The number of aromatic nitrogens is 2. The fraction of sp³-hybridized carbons (Fsp3) is 0.174. The Bertz CT molecular complexity index is 1420. The van der Waals surface area contributed by atoms with Crippen LogP contribution in [0.5, 0.6) is 0 Å². The number of nitrogens with two attached hydrogens (primary N) is 1. The van der Waals surface area contributed by atoms with Gasteiger partial charge in [-0.05, 0) is 50.1 Å². The summed E-state index contributed by atoms with van der Waals surface area (Å²) >= 11 is 1.59. The predicted octanol–water partition coefficient (Wildman–Crippen LogP) is 4.38. The van der Waals surface area contributed by atoms with E-state index in [-0.39, 0.29) is 4.90 Å². The van der Waals surface area contributed by atoms with Crippen molar-refractivity contribution in [2.24, 2.45) is 5.14 Å². The van der Waals surface area contributed by atoms with Crippen LogP contribution in [0.4, 0.5) is 0 Å². The summed E-state index contributed by atoms with van der Waals surface area (Å²) in [6.45, 7) is 5.94. The van der Waals surface area contributed by atoms with Gasteiger partial charge < -0.3 is 5.11 Å². The molecule has 3 N–H and O–H groups in total. The average Bonchev–Trinajstić information content (AvgIpc) is 3.25. The summed E-state index contributed by atoms with van der Waals surface area (Å²) in [5.74, 6) is 0. The van der Waals surface area contributed by atoms with Crippen LogP contribution in [0.3, 0.4) is 0 Å². The van der Waals surface area contributed by atoms with Crippen molar-refractivity contribution in [2.75, 3.05) is 0 Å². The highest BCUT2D eigenvalue weighted by atomic mass is 32.2. The molecule has 31 heavy (non-hydrogen) atoms. The monoisotopic (exact) mass is 453 g/mol. The van der Waals surface area contributed by atoms with E-state index in [4.69, 9.17) is 5.14 Å². The van der Waals surface area contributed by atoms with Crippen LogP contribution in [-0.4, -0.2) is 22.9 Å². The minimum absolute atomic E-state index is 0.0872. The number of aryl methyl sites for hydroxylation is 3. The molecule has 4 rings (SSSR count). The minimum Gasteiger partial charge on any atom is -0.383 e. The Morgan fingerprint density at radius 2 is 1.94 bits per heavy atom. The molecule has 2 aromatic carbocycles. The molecule has 0 aliphatic heterocycles. The number of hydrogen-bond donors (Lipinski definition) is 2. The first kappa shape index (κ1) is 21.5. The zero-order valence-corrected chi connectivity index (χ0v) is 19.0. The van der Waals surface area contributed by atoms with Gasteiger partial charge in [0, 0.05) is 16.1 Å². The Morgan fingerprint density at radius 3 is 2.68 bits per heavy atom. The molecule has 0 aliphatic carbocycles. The van der Waals surface area contributed by atoms with Gasteiger partial charge in [0.25, 0.3) is 0 Å². The van der Waals surface area contributed by atoms with Crippen LogP contribution < -0.4 is 5.14 Å². The van der Waals surface area contributed by atoms with Crippen molar-refractivity contribution in [3.63, 3.8) is 0 Å². The van der Waals surface area contributed by atoms with E-state index >= 15 is 0 Å². The summed E-state index contributed by atoms with van der Waals surface area (Å²) in [6.07, 6.45) is 4.38. The molecular weight excluding hydrogens is 430 g/mol. The average molecular weight is 454 g/mol. The molecule has 0 saturated heterocycles. The molecule has 0 fully saturated rings. The van der Waals surface area contributed by atoms with Crippen LogP contribution in [0.1, 0.15) is 33.5 Å². The van der Waals surface area contributed by atoms with Gasteiger partial charge in [-0.2, -0.15) is 0 Å². The molecular formula is C23H23N3O3S2. The third kappa shape index (κ3) is 4.20. The molecule has 2 heterocycles. The van der Waals surface area contributed by atoms with E-state index in [0.717, 1.165) is 32.2 Å². The molecule has 160 valence electrons. The second-order valence-corrected chi connectivity index (χ2v) is 10.2.